The standard InChI is InChI=1S/C22H22FN5O2S/c23-15-1-6-20-18(13-15)19(14-25-20)21-7-8-24-22(27-21)26-16-2-4-17(5-3-16)28-9-11-31(29,30)12-10-28/h1-8,13-14,25,29-30H,9-12H2,(H,24,26,27). The lowest BCUT2D eigenvalue weighted by molar-refractivity contribution is 0.479. The highest BCUT2D eigenvalue weighted by atomic mass is 32.3. The molecule has 0 atom stereocenters. The molecule has 1 aliphatic heterocycles. The predicted octanol–water partition coefficient (Wildman–Crippen LogP) is 5.08. The van der Waals surface area contributed by atoms with Crippen molar-refractivity contribution in [1.29, 1.82) is 0 Å². The first-order valence-electron chi connectivity index (χ1n) is 9.93. The Morgan fingerprint density at radius 2 is 1.81 bits per heavy atom. The van der Waals surface area contributed by atoms with Gasteiger partial charge in [-0.25, -0.2) is 14.4 Å². The van der Waals surface area contributed by atoms with Crippen LogP contribution in [0.15, 0.2) is 60.9 Å². The minimum absolute atomic E-state index is 0.292. The van der Waals surface area contributed by atoms with Crippen LogP contribution in [0.4, 0.5) is 21.7 Å². The Bertz CT molecular complexity index is 1220. The summed E-state index contributed by atoms with van der Waals surface area (Å²) in [5, 5.41) is 3.98. The van der Waals surface area contributed by atoms with E-state index in [9.17, 15) is 13.5 Å². The summed E-state index contributed by atoms with van der Waals surface area (Å²) in [4.78, 5) is 14.2. The average Bonchev–Trinajstić information content (AvgIpc) is 3.18. The van der Waals surface area contributed by atoms with Crippen LogP contribution in [0.5, 0.6) is 0 Å². The number of rotatable bonds is 4. The van der Waals surface area contributed by atoms with Crippen molar-refractivity contribution in [3.05, 3.63) is 66.7 Å². The maximum atomic E-state index is 13.7. The second-order valence-electron chi connectivity index (χ2n) is 7.53. The number of anilines is 3. The van der Waals surface area contributed by atoms with Crippen molar-refractivity contribution in [3.63, 3.8) is 0 Å². The fourth-order valence-corrected chi connectivity index (χ4v) is 4.97. The van der Waals surface area contributed by atoms with E-state index in [0.717, 1.165) is 27.8 Å². The van der Waals surface area contributed by atoms with Gasteiger partial charge in [-0.05, 0) is 48.5 Å². The molecule has 7 nitrogen and oxygen atoms in total. The van der Waals surface area contributed by atoms with Crippen molar-refractivity contribution >= 4 is 38.8 Å². The SMILES string of the molecule is OS1(O)CCN(c2ccc(Nc3nccc(-c4c[nH]c5ccc(F)cc45)n3)cc2)CC1. The molecule has 0 radical (unpaired) electrons. The van der Waals surface area contributed by atoms with Gasteiger partial charge < -0.3 is 15.2 Å². The predicted molar refractivity (Wildman–Crippen MR) is 124 cm³/mol. The number of hydrogen-bond donors (Lipinski definition) is 4. The van der Waals surface area contributed by atoms with E-state index in [0.29, 0.717) is 36.2 Å². The molecule has 0 aliphatic carbocycles. The minimum Gasteiger partial charge on any atom is -0.368 e. The Balaban J connectivity index is 1.33. The highest BCUT2D eigenvalue weighted by molar-refractivity contribution is 8.24. The number of H-pyrrole nitrogens is 1. The van der Waals surface area contributed by atoms with E-state index < -0.39 is 10.6 Å². The van der Waals surface area contributed by atoms with E-state index in [-0.39, 0.29) is 5.82 Å². The number of aromatic amines is 1. The average molecular weight is 440 g/mol. The molecule has 9 heteroatoms. The van der Waals surface area contributed by atoms with Crippen LogP contribution in [0.3, 0.4) is 0 Å². The summed E-state index contributed by atoms with van der Waals surface area (Å²) in [5.74, 6) is 0.971. The molecule has 160 valence electrons. The summed E-state index contributed by atoms with van der Waals surface area (Å²) in [6.45, 7) is 1.26. The summed E-state index contributed by atoms with van der Waals surface area (Å²) in [6, 6.07) is 14.3. The van der Waals surface area contributed by atoms with E-state index >= 15 is 0 Å². The number of fused-ring (bicyclic) bond motifs is 1. The second-order valence-corrected chi connectivity index (χ2v) is 9.95. The maximum absolute atomic E-state index is 13.7. The van der Waals surface area contributed by atoms with Crippen LogP contribution in [0.2, 0.25) is 0 Å². The van der Waals surface area contributed by atoms with Crippen molar-refractivity contribution in [1.82, 2.24) is 15.0 Å². The molecule has 0 bridgehead atoms. The van der Waals surface area contributed by atoms with Crippen LogP contribution in [-0.4, -0.2) is 48.7 Å². The molecule has 4 aromatic rings. The lowest BCUT2D eigenvalue weighted by Crippen LogP contribution is -2.38. The monoisotopic (exact) mass is 439 g/mol. The van der Waals surface area contributed by atoms with Gasteiger partial charge in [-0.15, -0.1) is 0 Å². The van der Waals surface area contributed by atoms with Crippen LogP contribution in [0, 0.1) is 5.82 Å². The fraction of sp³-hybridized carbons (Fsp3) is 0.182. The van der Waals surface area contributed by atoms with E-state index in [1.165, 1.54) is 12.1 Å². The molecular formula is C22H22FN5O2S. The minimum atomic E-state index is -2.41. The van der Waals surface area contributed by atoms with Crippen LogP contribution >= 0.6 is 10.6 Å². The highest BCUT2D eigenvalue weighted by Crippen LogP contribution is 2.41. The van der Waals surface area contributed by atoms with Crippen LogP contribution in [0.1, 0.15) is 0 Å². The van der Waals surface area contributed by atoms with Crippen LogP contribution in [-0.2, 0) is 0 Å². The largest absolute Gasteiger partial charge is 0.368 e. The first-order valence-corrected chi connectivity index (χ1v) is 11.8. The smallest absolute Gasteiger partial charge is 0.227 e. The third-order valence-electron chi connectivity index (χ3n) is 5.44. The van der Waals surface area contributed by atoms with Crippen molar-refractivity contribution < 1.29 is 13.5 Å². The Labute approximate surface area is 180 Å². The quantitative estimate of drug-likeness (QED) is 0.354. The van der Waals surface area contributed by atoms with Gasteiger partial charge in [0.15, 0.2) is 0 Å². The maximum Gasteiger partial charge on any atom is 0.227 e. The number of nitrogens with zero attached hydrogens (tertiary/aromatic N) is 3. The zero-order valence-electron chi connectivity index (χ0n) is 16.6. The van der Waals surface area contributed by atoms with Gasteiger partial charge in [0.05, 0.1) is 17.2 Å². The molecule has 1 fully saturated rings. The number of aromatic nitrogens is 3. The van der Waals surface area contributed by atoms with Gasteiger partial charge in [-0.2, -0.15) is 10.6 Å². The summed E-state index contributed by atoms with van der Waals surface area (Å²) in [7, 11) is -2.41. The molecule has 31 heavy (non-hydrogen) atoms. The lowest BCUT2D eigenvalue weighted by Gasteiger charge is -2.41. The fourth-order valence-electron chi connectivity index (χ4n) is 3.74. The number of benzene rings is 2. The van der Waals surface area contributed by atoms with E-state index in [1.807, 2.05) is 30.5 Å². The molecule has 2 aromatic carbocycles. The van der Waals surface area contributed by atoms with Crippen molar-refractivity contribution in [2.24, 2.45) is 0 Å². The molecular weight excluding hydrogens is 417 g/mol. The third kappa shape index (κ3) is 4.20. The van der Waals surface area contributed by atoms with Crippen molar-refractivity contribution in [3.8, 4) is 11.3 Å². The molecule has 5 rings (SSSR count). The normalized spacial score (nSPS) is 16.9. The molecule has 2 aromatic heterocycles. The van der Waals surface area contributed by atoms with E-state index in [2.05, 4.69) is 25.2 Å². The lowest BCUT2D eigenvalue weighted by atomic mass is 10.1. The van der Waals surface area contributed by atoms with Crippen LogP contribution < -0.4 is 10.2 Å². The molecule has 1 saturated heterocycles. The van der Waals surface area contributed by atoms with Gasteiger partial charge in [0.25, 0.3) is 0 Å². The van der Waals surface area contributed by atoms with Gasteiger partial charge in [-0.1, -0.05) is 0 Å². The number of hydrogen-bond acceptors (Lipinski definition) is 6. The van der Waals surface area contributed by atoms with Gasteiger partial charge in [0, 0.05) is 53.3 Å². The van der Waals surface area contributed by atoms with Crippen LogP contribution in [0.25, 0.3) is 22.2 Å². The Morgan fingerprint density at radius 3 is 2.58 bits per heavy atom. The molecule has 4 N–H and O–H groups in total. The summed E-state index contributed by atoms with van der Waals surface area (Å²) >= 11 is 0. The zero-order valence-corrected chi connectivity index (χ0v) is 17.4. The topological polar surface area (TPSA) is 97.3 Å². The second kappa shape index (κ2) is 7.84. The molecule has 0 unspecified atom stereocenters. The van der Waals surface area contributed by atoms with Crippen molar-refractivity contribution in [2.45, 2.75) is 0 Å². The summed E-state index contributed by atoms with van der Waals surface area (Å²) < 4.78 is 33.3. The highest BCUT2D eigenvalue weighted by Gasteiger charge is 2.22. The van der Waals surface area contributed by atoms with E-state index in [1.54, 1.807) is 18.3 Å². The van der Waals surface area contributed by atoms with Gasteiger partial charge in [0.2, 0.25) is 5.95 Å². The Morgan fingerprint density at radius 1 is 1.03 bits per heavy atom. The first-order chi connectivity index (χ1) is 15.0. The van der Waals surface area contributed by atoms with Gasteiger partial charge in [0.1, 0.15) is 5.82 Å². The molecule has 0 amide bonds. The molecule has 0 saturated carbocycles. The first kappa shape index (κ1) is 19.8. The summed E-state index contributed by atoms with van der Waals surface area (Å²) in [6.07, 6.45) is 3.49. The van der Waals surface area contributed by atoms with Gasteiger partial charge >= 0.3 is 0 Å². The number of halogens is 1. The molecule has 1 aliphatic rings. The third-order valence-corrected chi connectivity index (χ3v) is 7.11. The van der Waals surface area contributed by atoms with Gasteiger partial charge in [-0.3, -0.25) is 9.11 Å². The number of nitrogens with one attached hydrogen (secondary N) is 2. The molecule has 3 heterocycles. The Kier molecular flexibility index (Phi) is 5.01. The van der Waals surface area contributed by atoms with E-state index in [4.69, 9.17) is 0 Å². The zero-order chi connectivity index (χ0) is 21.4. The summed E-state index contributed by atoms with van der Waals surface area (Å²) in [5.41, 5.74) is 4.23. The molecule has 0 spiro atoms. The van der Waals surface area contributed by atoms with Crippen molar-refractivity contribution in [2.75, 3.05) is 34.8 Å². The Hall–Kier alpha value is -3.14.